The molecule has 0 radical (unpaired) electrons. The third-order valence-corrected chi connectivity index (χ3v) is 10.2. The maximum Gasteiger partial charge on any atom is 0.0546 e. The van der Waals surface area contributed by atoms with Crippen molar-refractivity contribution in [3.05, 3.63) is 187 Å². The summed E-state index contributed by atoms with van der Waals surface area (Å²) in [5, 5.41) is 4.96. The van der Waals surface area contributed by atoms with Gasteiger partial charge >= 0.3 is 0 Å². The van der Waals surface area contributed by atoms with Crippen LogP contribution in [0.5, 0.6) is 0 Å². The minimum absolute atomic E-state index is 0.0463. The minimum atomic E-state index is -0.0463. The Bertz CT molecular complexity index is 2460. The van der Waals surface area contributed by atoms with Gasteiger partial charge in [-0.25, -0.2) is 0 Å². The summed E-state index contributed by atoms with van der Waals surface area (Å²) in [6.45, 7) is 4.69. The Hall–Kier alpha value is -5.92. The van der Waals surface area contributed by atoms with Crippen LogP contribution >= 0.6 is 0 Å². The van der Waals surface area contributed by atoms with E-state index in [4.69, 9.17) is 0 Å². The molecule has 0 aliphatic heterocycles. The van der Waals surface area contributed by atoms with Gasteiger partial charge in [0.2, 0.25) is 0 Å². The van der Waals surface area contributed by atoms with Gasteiger partial charge in [0.1, 0.15) is 0 Å². The summed E-state index contributed by atoms with van der Waals surface area (Å²) in [6, 6.07) is 64.5. The lowest BCUT2D eigenvalue weighted by Crippen LogP contribution is -2.15. The molecule has 0 spiro atoms. The van der Waals surface area contributed by atoms with Gasteiger partial charge in [0.25, 0.3) is 0 Å². The van der Waals surface area contributed by atoms with E-state index >= 15 is 0 Å². The quantitative estimate of drug-likeness (QED) is 0.187. The van der Waals surface area contributed by atoms with E-state index in [1.165, 1.54) is 66.1 Å². The van der Waals surface area contributed by atoms with Crippen LogP contribution in [0.15, 0.2) is 176 Å². The van der Waals surface area contributed by atoms with Crippen molar-refractivity contribution in [3.8, 4) is 33.4 Å². The molecule has 9 rings (SSSR count). The molecule has 228 valence electrons. The number of anilines is 3. The highest BCUT2D eigenvalue weighted by molar-refractivity contribution is 6.08. The van der Waals surface area contributed by atoms with E-state index in [0.29, 0.717) is 0 Å². The fourth-order valence-electron chi connectivity index (χ4n) is 7.81. The van der Waals surface area contributed by atoms with Crippen molar-refractivity contribution in [1.29, 1.82) is 0 Å². The van der Waals surface area contributed by atoms with E-state index in [9.17, 15) is 0 Å². The Balaban J connectivity index is 1.28. The van der Waals surface area contributed by atoms with Crippen LogP contribution in [0.1, 0.15) is 25.0 Å². The summed E-state index contributed by atoms with van der Waals surface area (Å²) in [7, 11) is 0. The predicted molar refractivity (Wildman–Crippen MR) is 205 cm³/mol. The number of fused-ring (bicyclic) bond motifs is 5. The van der Waals surface area contributed by atoms with Gasteiger partial charge in [-0.3, -0.25) is 0 Å². The van der Waals surface area contributed by atoms with E-state index in [1.54, 1.807) is 0 Å². The first kappa shape index (κ1) is 28.3. The SMILES string of the molecule is CC1(C)c2ccccc2-c2cc(N(c3ccc(-c4ccccc4)cc3)c3cccc4cccc(-c5ccc6ccccc6c5)c34)ccc21. The number of rotatable bonds is 5. The molecule has 0 N–H and O–H groups in total. The van der Waals surface area contributed by atoms with Gasteiger partial charge in [-0.05, 0) is 97.1 Å². The molecular formula is C47H35N. The van der Waals surface area contributed by atoms with Crippen LogP contribution in [0.3, 0.4) is 0 Å². The highest BCUT2D eigenvalue weighted by atomic mass is 15.1. The lowest BCUT2D eigenvalue weighted by atomic mass is 9.82. The van der Waals surface area contributed by atoms with E-state index in [-0.39, 0.29) is 5.41 Å². The zero-order valence-corrected chi connectivity index (χ0v) is 27.2. The summed E-state index contributed by atoms with van der Waals surface area (Å²) in [6.07, 6.45) is 0. The van der Waals surface area contributed by atoms with E-state index < -0.39 is 0 Å². The maximum atomic E-state index is 2.45. The minimum Gasteiger partial charge on any atom is -0.310 e. The highest BCUT2D eigenvalue weighted by Gasteiger charge is 2.35. The van der Waals surface area contributed by atoms with Crippen LogP contribution in [0.2, 0.25) is 0 Å². The summed E-state index contributed by atoms with van der Waals surface area (Å²) in [4.78, 5) is 2.45. The fourth-order valence-corrected chi connectivity index (χ4v) is 7.81. The van der Waals surface area contributed by atoms with E-state index in [0.717, 1.165) is 17.1 Å². The van der Waals surface area contributed by atoms with Crippen molar-refractivity contribution in [1.82, 2.24) is 0 Å². The highest BCUT2D eigenvalue weighted by Crippen LogP contribution is 2.51. The molecular weight excluding hydrogens is 579 g/mol. The Morgan fingerprint density at radius 1 is 0.375 bits per heavy atom. The van der Waals surface area contributed by atoms with Gasteiger partial charge in [0.05, 0.1) is 5.69 Å². The molecule has 0 aromatic heterocycles. The second-order valence-electron chi connectivity index (χ2n) is 13.4. The van der Waals surface area contributed by atoms with Crippen molar-refractivity contribution < 1.29 is 0 Å². The smallest absolute Gasteiger partial charge is 0.0546 e. The summed E-state index contributed by atoms with van der Waals surface area (Å²) >= 11 is 0. The van der Waals surface area contributed by atoms with Crippen LogP contribution in [0.4, 0.5) is 17.1 Å². The first-order valence-electron chi connectivity index (χ1n) is 16.8. The second-order valence-corrected chi connectivity index (χ2v) is 13.4. The van der Waals surface area contributed by atoms with E-state index in [1.807, 2.05) is 0 Å². The first-order valence-corrected chi connectivity index (χ1v) is 16.8. The third kappa shape index (κ3) is 4.54. The van der Waals surface area contributed by atoms with Crippen LogP contribution in [-0.4, -0.2) is 0 Å². The fraction of sp³-hybridized carbons (Fsp3) is 0.0638. The molecule has 0 heterocycles. The van der Waals surface area contributed by atoms with Crippen molar-refractivity contribution in [2.45, 2.75) is 19.3 Å². The molecule has 0 saturated carbocycles. The molecule has 8 aromatic carbocycles. The molecule has 8 aromatic rings. The zero-order valence-electron chi connectivity index (χ0n) is 27.2. The molecule has 0 unspecified atom stereocenters. The van der Waals surface area contributed by atoms with Gasteiger partial charge in [0.15, 0.2) is 0 Å². The monoisotopic (exact) mass is 613 g/mol. The standard InChI is InChI=1S/C47H35N/c1-47(2)43-20-9-8-18-41(43)42-31-39(28-29-44(42)47)48(38-26-24-34(25-27-38)32-12-4-3-5-13-32)45-21-11-17-35-16-10-19-40(46(35)45)37-23-22-33-14-6-7-15-36(33)30-37/h3-31H,1-2H3. The average Bonchev–Trinajstić information content (AvgIpc) is 3.37. The maximum absolute atomic E-state index is 2.45. The van der Waals surface area contributed by atoms with Gasteiger partial charge in [-0.15, -0.1) is 0 Å². The molecule has 1 aliphatic carbocycles. The van der Waals surface area contributed by atoms with Gasteiger partial charge in [0, 0.05) is 22.2 Å². The van der Waals surface area contributed by atoms with Gasteiger partial charge in [-0.2, -0.15) is 0 Å². The first-order chi connectivity index (χ1) is 23.6. The Morgan fingerprint density at radius 2 is 0.979 bits per heavy atom. The van der Waals surface area contributed by atoms with Crippen LogP contribution < -0.4 is 4.90 Å². The lowest BCUT2D eigenvalue weighted by Gasteiger charge is -2.29. The number of benzene rings is 8. The number of hydrogen-bond donors (Lipinski definition) is 0. The molecule has 1 nitrogen and oxygen atoms in total. The lowest BCUT2D eigenvalue weighted by molar-refractivity contribution is 0.660. The zero-order chi connectivity index (χ0) is 32.2. The van der Waals surface area contributed by atoms with Crippen LogP contribution in [-0.2, 0) is 5.41 Å². The number of nitrogens with zero attached hydrogens (tertiary/aromatic N) is 1. The molecule has 0 bridgehead atoms. The van der Waals surface area contributed by atoms with E-state index in [2.05, 4.69) is 195 Å². The third-order valence-electron chi connectivity index (χ3n) is 10.2. The predicted octanol–water partition coefficient (Wildman–Crippen LogP) is 13.1. The molecule has 0 saturated heterocycles. The van der Waals surface area contributed by atoms with Gasteiger partial charge in [-0.1, -0.05) is 153 Å². The topological polar surface area (TPSA) is 3.24 Å². The number of hydrogen-bond acceptors (Lipinski definition) is 1. The molecule has 48 heavy (non-hydrogen) atoms. The molecule has 1 aliphatic rings. The largest absolute Gasteiger partial charge is 0.310 e. The summed E-state index contributed by atoms with van der Waals surface area (Å²) in [5.41, 5.74) is 13.7. The van der Waals surface area contributed by atoms with Crippen LogP contribution in [0.25, 0.3) is 54.9 Å². The normalized spacial score (nSPS) is 13.0. The summed E-state index contributed by atoms with van der Waals surface area (Å²) in [5.74, 6) is 0. The Morgan fingerprint density at radius 3 is 1.81 bits per heavy atom. The van der Waals surface area contributed by atoms with Crippen molar-refractivity contribution in [3.63, 3.8) is 0 Å². The van der Waals surface area contributed by atoms with Crippen LogP contribution in [0, 0.1) is 0 Å². The van der Waals surface area contributed by atoms with Crippen molar-refractivity contribution >= 4 is 38.6 Å². The average molecular weight is 614 g/mol. The Labute approximate surface area is 282 Å². The summed E-state index contributed by atoms with van der Waals surface area (Å²) < 4.78 is 0. The molecule has 0 amide bonds. The molecule has 1 heteroatoms. The molecule has 0 fully saturated rings. The Kier molecular flexibility index (Phi) is 6.55. The second kappa shape index (κ2) is 11.1. The molecule has 0 atom stereocenters. The van der Waals surface area contributed by atoms with Gasteiger partial charge < -0.3 is 4.90 Å². The van der Waals surface area contributed by atoms with Crippen molar-refractivity contribution in [2.75, 3.05) is 4.90 Å². The van der Waals surface area contributed by atoms with Crippen molar-refractivity contribution in [2.24, 2.45) is 0 Å².